The first-order chi connectivity index (χ1) is 17.8. The zero-order chi connectivity index (χ0) is 26.3. The van der Waals surface area contributed by atoms with Crippen molar-refractivity contribution in [3.8, 4) is 0 Å². The van der Waals surface area contributed by atoms with Crippen LogP contribution < -0.4 is 16.6 Å². The monoisotopic (exact) mass is 537 g/mol. The Morgan fingerprint density at radius 3 is 2.32 bits per heavy atom. The van der Waals surface area contributed by atoms with Gasteiger partial charge in [-0.15, -0.1) is 10.2 Å². The van der Waals surface area contributed by atoms with Gasteiger partial charge in [0.1, 0.15) is 0 Å². The minimum absolute atomic E-state index is 0.0684. The van der Waals surface area contributed by atoms with E-state index in [1.807, 2.05) is 36.4 Å². The highest BCUT2D eigenvalue weighted by atomic mass is 35.5. The Morgan fingerprint density at radius 2 is 1.65 bits per heavy atom. The van der Waals surface area contributed by atoms with Crippen LogP contribution in [-0.4, -0.2) is 40.0 Å². The smallest absolute Gasteiger partial charge is 0.325 e. The number of fused-ring (bicyclic) bond motifs is 3. The first kappa shape index (κ1) is 24.8. The molecule has 0 fully saturated rings. The second kappa shape index (κ2) is 9.91. The van der Waals surface area contributed by atoms with Gasteiger partial charge in [-0.3, -0.25) is 23.3 Å². The molecule has 2 aromatic carbocycles. The molecule has 0 aliphatic rings. The number of imidazole rings is 1. The van der Waals surface area contributed by atoms with Crippen LogP contribution in [0.15, 0.2) is 63.3 Å². The number of amides is 1. The van der Waals surface area contributed by atoms with Crippen LogP contribution in [0.2, 0.25) is 5.02 Å². The zero-order valence-electron chi connectivity index (χ0n) is 20.4. The van der Waals surface area contributed by atoms with Crippen LogP contribution in [0.5, 0.6) is 0 Å². The van der Waals surface area contributed by atoms with Gasteiger partial charge in [-0.25, -0.2) is 9.20 Å². The van der Waals surface area contributed by atoms with Crippen LogP contribution in [0.3, 0.4) is 0 Å². The third-order valence-electron chi connectivity index (χ3n) is 6.18. The lowest BCUT2D eigenvalue weighted by atomic mass is 10.1. The largest absolute Gasteiger partial charge is 0.332 e. The van der Waals surface area contributed by atoms with Gasteiger partial charge in [-0.2, -0.15) is 0 Å². The summed E-state index contributed by atoms with van der Waals surface area (Å²) in [5.74, 6) is 0.251. The third kappa shape index (κ3) is 4.56. The predicted molar refractivity (Wildman–Crippen MR) is 145 cm³/mol. The van der Waals surface area contributed by atoms with E-state index in [4.69, 9.17) is 11.6 Å². The molecule has 1 N–H and O–H groups in total. The van der Waals surface area contributed by atoms with Gasteiger partial charge in [0.25, 0.3) is 5.56 Å². The Morgan fingerprint density at radius 1 is 0.973 bits per heavy atom. The average molecular weight is 538 g/mol. The number of carbonyl (C=O) groups is 1. The van der Waals surface area contributed by atoms with Crippen LogP contribution in [-0.2, 0) is 31.9 Å². The molecule has 0 unspecified atom stereocenters. The number of carbonyl (C=O) groups excluding carboxylic acids is 1. The number of hydrogen-bond donors (Lipinski definition) is 1. The summed E-state index contributed by atoms with van der Waals surface area (Å²) in [5.41, 5.74) is 2.55. The zero-order valence-corrected chi connectivity index (χ0v) is 22.0. The number of nitrogens with one attached hydrogen (secondary N) is 1. The molecule has 0 bridgehead atoms. The number of aryl methyl sites for hydroxylation is 2. The molecule has 0 radical (unpaired) electrons. The summed E-state index contributed by atoms with van der Waals surface area (Å²) in [7, 11) is 3.04. The lowest BCUT2D eigenvalue weighted by Crippen LogP contribution is -2.37. The lowest BCUT2D eigenvalue weighted by molar-refractivity contribution is -0.113. The quantitative estimate of drug-likeness (QED) is 0.320. The molecule has 0 atom stereocenters. The minimum atomic E-state index is -0.471. The molecule has 0 aliphatic carbocycles. The van der Waals surface area contributed by atoms with Gasteiger partial charge in [-0.05, 0) is 41.8 Å². The van der Waals surface area contributed by atoms with Gasteiger partial charge >= 0.3 is 5.69 Å². The second-order valence-electron chi connectivity index (χ2n) is 8.60. The molecule has 0 spiro atoms. The van der Waals surface area contributed by atoms with E-state index in [9.17, 15) is 14.4 Å². The summed E-state index contributed by atoms with van der Waals surface area (Å²) in [6.07, 6.45) is 0.921. The SMILES string of the molecule is CCc1ccc(NC(=O)CSc2nnc3n(Cc4ccc(Cl)cc4)c4c(=O)n(C)c(=O)n(C)c4n23)cc1. The maximum atomic E-state index is 13.2. The van der Waals surface area contributed by atoms with Crippen LogP contribution in [0, 0.1) is 0 Å². The number of benzene rings is 2. The summed E-state index contributed by atoms with van der Waals surface area (Å²) in [5, 5.41) is 12.5. The van der Waals surface area contributed by atoms with E-state index in [1.165, 1.54) is 28.9 Å². The third-order valence-corrected chi connectivity index (χ3v) is 7.36. The highest BCUT2D eigenvalue weighted by molar-refractivity contribution is 7.99. The molecule has 5 rings (SSSR count). The number of anilines is 1. The average Bonchev–Trinajstić information content (AvgIpc) is 3.45. The highest BCUT2D eigenvalue weighted by Crippen LogP contribution is 2.25. The van der Waals surface area contributed by atoms with Gasteiger partial charge in [-0.1, -0.05) is 54.6 Å². The molecule has 3 heterocycles. The van der Waals surface area contributed by atoms with Gasteiger partial charge in [0.2, 0.25) is 11.7 Å². The normalized spacial score (nSPS) is 11.5. The van der Waals surface area contributed by atoms with Gasteiger partial charge in [0.05, 0.1) is 12.3 Å². The second-order valence-corrected chi connectivity index (χ2v) is 9.97. The van der Waals surface area contributed by atoms with Crippen molar-refractivity contribution in [1.29, 1.82) is 0 Å². The van der Waals surface area contributed by atoms with Crippen LogP contribution in [0.25, 0.3) is 16.9 Å². The number of nitrogens with zero attached hydrogens (tertiary/aromatic N) is 6. The van der Waals surface area contributed by atoms with Crippen LogP contribution >= 0.6 is 23.4 Å². The van der Waals surface area contributed by atoms with Crippen molar-refractivity contribution in [3.63, 3.8) is 0 Å². The van der Waals surface area contributed by atoms with Crippen molar-refractivity contribution < 1.29 is 4.79 Å². The maximum Gasteiger partial charge on any atom is 0.332 e. The summed E-state index contributed by atoms with van der Waals surface area (Å²) >= 11 is 7.21. The Bertz CT molecular complexity index is 1750. The lowest BCUT2D eigenvalue weighted by Gasteiger charge is -2.08. The molecule has 12 heteroatoms. The Hall–Kier alpha value is -3.83. The molecule has 0 aliphatic heterocycles. The summed E-state index contributed by atoms with van der Waals surface area (Å²) in [6, 6.07) is 14.9. The summed E-state index contributed by atoms with van der Waals surface area (Å²) < 4.78 is 5.84. The maximum absolute atomic E-state index is 13.2. The van der Waals surface area contributed by atoms with E-state index in [0.717, 1.165) is 16.6 Å². The topological polar surface area (TPSA) is 108 Å². The van der Waals surface area contributed by atoms with E-state index in [2.05, 4.69) is 22.4 Å². The van der Waals surface area contributed by atoms with Crippen molar-refractivity contribution in [3.05, 3.63) is 85.5 Å². The molecule has 190 valence electrons. The van der Waals surface area contributed by atoms with Crippen LogP contribution in [0.1, 0.15) is 18.1 Å². The molecular formula is C25H24ClN7O3S. The molecule has 1 amide bonds. The Labute approximate surface area is 220 Å². The number of hydrogen-bond acceptors (Lipinski definition) is 6. The van der Waals surface area contributed by atoms with Crippen LogP contribution in [0.4, 0.5) is 5.69 Å². The van der Waals surface area contributed by atoms with E-state index in [0.29, 0.717) is 39.4 Å². The van der Waals surface area contributed by atoms with Gasteiger partial charge in [0.15, 0.2) is 16.3 Å². The Kier molecular flexibility index (Phi) is 6.65. The standard InChI is InChI=1S/C25H24ClN7O3S/c1-4-15-7-11-18(12-8-15)27-19(34)14-37-24-29-28-23-32(13-16-5-9-17(26)10-6-16)20-21(33(23)24)30(2)25(36)31(3)22(20)35/h5-12H,4,13-14H2,1-3H3,(H,27,34). The molecule has 3 aromatic heterocycles. The van der Waals surface area contributed by atoms with E-state index in [1.54, 1.807) is 28.1 Å². The van der Waals surface area contributed by atoms with Crippen molar-refractivity contribution in [2.24, 2.45) is 14.1 Å². The fourth-order valence-corrected chi connectivity index (χ4v) is 5.05. The molecule has 37 heavy (non-hydrogen) atoms. The van der Waals surface area contributed by atoms with Crippen molar-refractivity contribution in [2.45, 2.75) is 25.0 Å². The van der Waals surface area contributed by atoms with Gasteiger partial charge in [0, 0.05) is 24.8 Å². The predicted octanol–water partition coefficient (Wildman–Crippen LogP) is 3.08. The summed E-state index contributed by atoms with van der Waals surface area (Å²) in [6.45, 7) is 2.39. The molecule has 5 aromatic rings. The van der Waals surface area contributed by atoms with E-state index in [-0.39, 0.29) is 11.7 Å². The molecular weight excluding hydrogens is 514 g/mol. The number of rotatable bonds is 7. The molecule has 0 saturated carbocycles. The number of thioether (sulfide) groups is 1. The first-order valence-corrected chi connectivity index (χ1v) is 12.9. The highest BCUT2D eigenvalue weighted by Gasteiger charge is 2.24. The van der Waals surface area contributed by atoms with E-state index < -0.39 is 11.2 Å². The number of halogens is 1. The fraction of sp³-hybridized carbons (Fsp3) is 0.240. The van der Waals surface area contributed by atoms with Crippen molar-refractivity contribution in [2.75, 3.05) is 11.1 Å². The van der Waals surface area contributed by atoms with Crippen molar-refractivity contribution >= 4 is 51.9 Å². The Balaban J connectivity index is 1.53. The van der Waals surface area contributed by atoms with Gasteiger partial charge < -0.3 is 5.32 Å². The molecule has 10 nitrogen and oxygen atoms in total. The minimum Gasteiger partial charge on any atom is -0.325 e. The summed E-state index contributed by atoms with van der Waals surface area (Å²) in [4.78, 5) is 38.7. The fourth-order valence-electron chi connectivity index (χ4n) is 4.20. The van der Waals surface area contributed by atoms with E-state index >= 15 is 0 Å². The number of aromatic nitrogens is 6. The van der Waals surface area contributed by atoms with Crippen molar-refractivity contribution in [1.82, 2.24) is 28.3 Å². The first-order valence-electron chi connectivity index (χ1n) is 11.6. The molecule has 0 saturated heterocycles.